The maximum absolute atomic E-state index is 11.9. The molecule has 0 aliphatic rings. The largest absolute Gasteiger partial charge is 0.482 e. The first-order valence-electron chi connectivity index (χ1n) is 6.20. The smallest absolute Gasteiger partial charge is 0.262 e. The summed E-state index contributed by atoms with van der Waals surface area (Å²) in [5, 5.41) is 12.8. The summed E-state index contributed by atoms with van der Waals surface area (Å²) in [5.41, 5.74) is 1.40. The highest BCUT2D eigenvalue weighted by Gasteiger charge is 2.15. The monoisotopic (exact) mass is 320 g/mol. The molecule has 0 saturated heterocycles. The second kappa shape index (κ2) is 6.61. The molecule has 1 heterocycles. The molecule has 4 nitrogen and oxygen atoms in total. The Balaban J connectivity index is 2.02. The van der Waals surface area contributed by atoms with Crippen LogP contribution in [0.4, 0.5) is 5.00 Å². The van der Waals surface area contributed by atoms with Gasteiger partial charge in [0.15, 0.2) is 6.61 Å². The van der Waals surface area contributed by atoms with Crippen LogP contribution in [0.5, 0.6) is 5.75 Å². The summed E-state index contributed by atoms with van der Waals surface area (Å²) < 4.78 is 5.36. The molecule has 2 aromatic rings. The molecular formula is C15H13ClN2O2S. The van der Waals surface area contributed by atoms with Crippen molar-refractivity contribution in [2.45, 2.75) is 13.8 Å². The Hall–Kier alpha value is -2.03. The molecule has 2 rings (SSSR count). The van der Waals surface area contributed by atoms with Gasteiger partial charge in [-0.2, -0.15) is 5.26 Å². The lowest BCUT2D eigenvalue weighted by Crippen LogP contribution is -2.20. The quantitative estimate of drug-likeness (QED) is 0.929. The van der Waals surface area contributed by atoms with Crippen LogP contribution in [-0.2, 0) is 4.79 Å². The number of hydrogen-bond acceptors (Lipinski definition) is 4. The third-order valence-corrected chi connectivity index (χ3v) is 4.38. The van der Waals surface area contributed by atoms with Gasteiger partial charge in [-0.3, -0.25) is 4.79 Å². The number of hydrogen-bond donors (Lipinski definition) is 1. The summed E-state index contributed by atoms with van der Waals surface area (Å²) in [4.78, 5) is 12.9. The first-order chi connectivity index (χ1) is 10.0. The van der Waals surface area contributed by atoms with Crippen LogP contribution in [0.25, 0.3) is 0 Å². The van der Waals surface area contributed by atoms with E-state index in [0.717, 1.165) is 10.4 Å². The molecule has 1 amide bonds. The lowest BCUT2D eigenvalue weighted by molar-refractivity contribution is -0.118. The van der Waals surface area contributed by atoms with Gasteiger partial charge in [0.25, 0.3) is 5.91 Å². The van der Waals surface area contributed by atoms with Gasteiger partial charge in [-0.05, 0) is 31.5 Å². The molecule has 1 aromatic heterocycles. The Morgan fingerprint density at radius 2 is 2.14 bits per heavy atom. The van der Waals surface area contributed by atoms with Crippen molar-refractivity contribution in [3.05, 3.63) is 45.3 Å². The molecule has 108 valence electrons. The normalized spacial score (nSPS) is 10.0. The highest BCUT2D eigenvalue weighted by atomic mass is 35.5. The summed E-state index contributed by atoms with van der Waals surface area (Å²) in [5.74, 6) is 0.126. The maximum Gasteiger partial charge on any atom is 0.262 e. The van der Waals surface area contributed by atoms with Crippen molar-refractivity contribution in [2.24, 2.45) is 0 Å². The first-order valence-corrected chi connectivity index (χ1v) is 7.39. The lowest BCUT2D eigenvalue weighted by atomic mass is 10.2. The molecule has 0 unspecified atom stereocenters. The standard InChI is InChI=1S/C15H13ClN2O2S/c1-9-10(2)21-15(11(9)7-17)18-14(19)8-20-13-6-4-3-5-12(13)16/h3-6H,8H2,1-2H3,(H,18,19). The van der Waals surface area contributed by atoms with E-state index in [1.807, 2.05) is 13.8 Å². The minimum Gasteiger partial charge on any atom is -0.482 e. The zero-order valence-corrected chi connectivity index (χ0v) is 13.1. The summed E-state index contributed by atoms with van der Waals surface area (Å²) in [7, 11) is 0. The van der Waals surface area contributed by atoms with Crippen molar-refractivity contribution < 1.29 is 9.53 Å². The van der Waals surface area contributed by atoms with Crippen LogP contribution in [0.3, 0.4) is 0 Å². The minimum atomic E-state index is -0.326. The number of nitrogens with one attached hydrogen (secondary N) is 1. The summed E-state index contributed by atoms with van der Waals surface area (Å²) in [6.45, 7) is 3.61. The second-order valence-corrected chi connectivity index (χ2v) is 6.00. The van der Waals surface area contributed by atoms with E-state index in [2.05, 4.69) is 11.4 Å². The topological polar surface area (TPSA) is 62.1 Å². The van der Waals surface area contributed by atoms with Crippen LogP contribution in [-0.4, -0.2) is 12.5 Å². The summed E-state index contributed by atoms with van der Waals surface area (Å²) >= 11 is 7.32. The Bertz CT molecular complexity index is 719. The highest BCUT2D eigenvalue weighted by Crippen LogP contribution is 2.31. The number of rotatable bonds is 4. The van der Waals surface area contributed by atoms with Gasteiger partial charge >= 0.3 is 0 Å². The fraction of sp³-hybridized carbons (Fsp3) is 0.200. The number of aryl methyl sites for hydroxylation is 1. The van der Waals surface area contributed by atoms with E-state index in [9.17, 15) is 4.79 Å². The predicted molar refractivity (Wildman–Crippen MR) is 84.1 cm³/mol. The number of halogens is 1. The maximum atomic E-state index is 11.9. The summed E-state index contributed by atoms with van der Waals surface area (Å²) in [6, 6.07) is 9.05. The Morgan fingerprint density at radius 1 is 1.43 bits per heavy atom. The number of carbonyl (C=O) groups is 1. The zero-order valence-electron chi connectivity index (χ0n) is 11.6. The van der Waals surface area contributed by atoms with Gasteiger partial charge < -0.3 is 10.1 Å². The van der Waals surface area contributed by atoms with Crippen molar-refractivity contribution in [2.75, 3.05) is 11.9 Å². The SMILES string of the molecule is Cc1sc(NC(=O)COc2ccccc2Cl)c(C#N)c1C. The van der Waals surface area contributed by atoms with Gasteiger partial charge in [-0.25, -0.2) is 0 Å². The van der Waals surface area contributed by atoms with E-state index in [1.54, 1.807) is 24.3 Å². The number of carbonyl (C=O) groups excluding carboxylic acids is 1. The van der Waals surface area contributed by atoms with Gasteiger partial charge in [-0.1, -0.05) is 23.7 Å². The van der Waals surface area contributed by atoms with Crippen LogP contribution in [0.1, 0.15) is 16.0 Å². The molecule has 0 aliphatic carbocycles. The Morgan fingerprint density at radius 3 is 2.81 bits per heavy atom. The van der Waals surface area contributed by atoms with Crippen molar-refractivity contribution in [3.8, 4) is 11.8 Å². The van der Waals surface area contributed by atoms with Gasteiger partial charge in [0, 0.05) is 4.88 Å². The van der Waals surface area contributed by atoms with Crippen molar-refractivity contribution in [3.63, 3.8) is 0 Å². The molecule has 0 radical (unpaired) electrons. The van der Waals surface area contributed by atoms with E-state index in [0.29, 0.717) is 21.3 Å². The van der Waals surface area contributed by atoms with Crippen molar-refractivity contribution >= 4 is 33.8 Å². The van der Waals surface area contributed by atoms with Crippen LogP contribution in [0.15, 0.2) is 24.3 Å². The third-order valence-electron chi connectivity index (χ3n) is 2.95. The average Bonchev–Trinajstić information content (AvgIpc) is 2.72. The number of amides is 1. The van der Waals surface area contributed by atoms with E-state index >= 15 is 0 Å². The number of nitrogens with zero attached hydrogens (tertiary/aromatic N) is 1. The van der Waals surface area contributed by atoms with Crippen LogP contribution in [0.2, 0.25) is 5.02 Å². The van der Waals surface area contributed by atoms with Gasteiger partial charge in [0.05, 0.1) is 10.6 Å². The third kappa shape index (κ3) is 3.54. The molecular weight excluding hydrogens is 308 g/mol. The number of para-hydroxylation sites is 1. The number of thiophene rings is 1. The molecule has 6 heteroatoms. The number of benzene rings is 1. The van der Waals surface area contributed by atoms with Crippen molar-refractivity contribution in [1.29, 1.82) is 5.26 Å². The Kier molecular flexibility index (Phi) is 4.84. The molecule has 1 aromatic carbocycles. The molecule has 0 spiro atoms. The molecule has 0 atom stereocenters. The molecule has 21 heavy (non-hydrogen) atoms. The Labute approximate surface area is 131 Å². The highest BCUT2D eigenvalue weighted by molar-refractivity contribution is 7.16. The van der Waals surface area contributed by atoms with E-state index < -0.39 is 0 Å². The molecule has 0 fully saturated rings. The predicted octanol–water partition coefficient (Wildman–Crippen LogP) is 3.91. The van der Waals surface area contributed by atoms with Crippen molar-refractivity contribution in [1.82, 2.24) is 0 Å². The van der Waals surface area contributed by atoms with Gasteiger partial charge in [0.1, 0.15) is 16.8 Å². The van der Waals surface area contributed by atoms with Gasteiger partial charge in [-0.15, -0.1) is 11.3 Å². The van der Waals surface area contributed by atoms with Crippen LogP contribution >= 0.6 is 22.9 Å². The van der Waals surface area contributed by atoms with Crippen LogP contribution < -0.4 is 10.1 Å². The molecule has 0 bridgehead atoms. The van der Waals surface area contributed by atoms with E-state index in [4.69, 9.17) is 21.6 Å². The number of anilines is 1. The number of ether oxygens (including phenoxy) is 1. The minimum absolute atomic E-state index is 0.162. The molecule has 1 N–H and O–H groups in total. The lowest BCUT2D eigenvalue weighted by Gasteiger charge is -2.07. The van der Waals surface area contributed by atoms with E-state index in [1.165, 1.54) is 11.3 Å². The van der Waals surface area contributed by atoms with E-state index in [-0.39, 0.29) is 12.5 Å². The van der Waals surface area contributed by atoms with Gasteiger partial charge in [0.2, 0.25) is 0 Å². The van der Waals surface area contributed by atoms with Crippen LogP contribution in [0, 0.1) is 25.2 Å². The molecule has 0 saturated carbocycles. The molecule has 0 aliphatic heterocycles. The summed E-state index contributed by atoms with van der Waals surface area (Å²) in [6.07, 6.45) is 0. The fourth-order valence-corrected chi connectivity index (χ4v) is 2.93. The first kappa shape index (κ1) is 15.4. The average molecular weight is 321 g/mol. The number of nitriles is 1. The zero-order chi connectivity index (χ0) is 15.4. The second-order valence-electron chi connectivity index (χ2n) is 4.37. The fourth-order valence-electron chi connectivity index (χ4n) is 1.72.